The maximum absolute atomic E-state index is 8.70. The molecule has 0 heterocycles. The van der Waals surface area contributed by atoms with Crippen LogP contribution in [0.4, 0.5) is 0 Å². The summed E-state index contributed by atoms with van der Waals surface area (Å²) in [5.74, 6) is 3.07. The van der Waals surface area contributed by atoms with Crippen LogP contribution in [0.1, 0.15) is 38.3 Å². The molecule has 0 spiro atoms. The van der Waals surface area contributed by atoms with Gasteiger partial charge in [-0.25, -0.2) is 0 Å². The predicted molar refractivity (Wildman–Crippen MR) is 87.7 cm³/mol. The quantitative estimate of drug-likeness (QED) is 0.615. The first-order chi connectivity index (χ1) is 9.77. The lowest BCUT2D eigenvalue weighted by Crippen LogP contribution is -2.21. The lowest BCUT2D eigenvalue weighted by atomic mass is 10.1. The molecular formula is C16H27NO2S. The third-order valence-corrected chi connectivity index (χ3v) is 4.07. The molecule has 0 aliphatic carbocycles. The highest BCUT2D eigenvalue weighted by Gasteiger charge is 2.04. The fourth-order valence-electron chi connectivity index (χ4n) is 1.81. The molecule has 1 unspecified atom stereocenters. The Kier molecular flexibility index (Phi) is 9.54. The van der Waals surface area contributed by atoms with Gasteiger partial charge >= 0.3 is 0 Å². The topological polar surface area (TPSA) is 41.5 Å². The zero-order valence-corrected chi connectivity index (χ0v) is 13.4. The summed E-state index contributed by atoms with van der Waals surface area (Å²) in [6, 6.07) is 8.69. The molecule has 1 rings (SSSR count). The summed E-state index contributed by atoms with van der Waals surface area (Å²) in [5, 5.41) is 12.2. The molecule has 3 nitrogen and oxygen atoms in total. The van der Waals surface area contributed by atoms with Crippen LogP contribution in [0, 0.1) is 0 Å². The molecule has 2 N–H and O–H groups in total. The van der Waals surface area contributed by atoms with Gasteiger partial charge in [-0.2, -0.15) is 11.8 Å². The van der Waals surface area contributed by atoms with Crippen molar-refractivity contribution in [2.24, 2.45) is 0 Å². The molecular weight excluding hydrogens is 270 g/mol. The van der Waals surface area contributed by atoms with E-state index in [9.17, 15) is 0 Å². The van der Waals surface area contributed by atoms with E-state index in [1.807, 2.05) is 23.9 Å². The summed E-state index contributed by atoms with van der Waals surface area (Å²) in [7, 11) is 0. The van der Waals surface area contributed by atoms with Crippen LogP contribution in [0.15, 0.2) is 24.3 Å². The summed E-state index contributed by atoms with van der Waals surface area (Å²) in [6.45, 7) is 6.35. The Morgan fingerprint density at radius 3 is 2.65 bits per heavy atom. The number of benzene rings is 1. The first-order valence-corrected chi connectivity index (χ1v) is 8.58. The van der Waals surface area contributed by atoms with Gasteiger partial charge in [0, 0.05) is 24.9 Å². The number of hydrogen-bond donors (Lipinski definition) is 2. The summed E-state index contributed by atoms with van der Waals surface area (Å²) < 4.78 is 5.58. The summed E-state index contributed by atoms with van der Waals surface area (Å²) >= 11 is 1.88. The van der Waals surface area contributed by atoms with Gasteiger partial charge in [0.05, 0.1) is 6.61 Å². The van der Waals surface area contributed by atoms with Crippen LogP contribution in [-0.4, -0.2) is 36.4 Å². The molecule has 0 radical (unpaired) electrons. The van der Waals surface area contributed by atoms with Crippen molar-refractivity contribution in [3.05, 3.63) is 29.8 Å². The van der Waals surface area contributed by atoms with Crippen molar-refractivity contribution in [2.75, 3.05) is 31.3 Å². The minimum atomic E-state index is 0.295. The van der Waals surface area contributed by atoms with Gasteiger partial charge in [-0.3, -0.25) is 0 Å². The highest BCUT2D eigenvalue weighted by molar-refractivity contribution is 7.99. The SMILES string of the molecule is CCCOc1ccc(C(C)NCCSCCCO)cc1. The standard InChI is InChI=1S/C16H27NO2S/c1-3-11-19-16-7-5-15(6-8-16)14(2)17-9-13-20-12-4-10-18/h5-8,14,17-18H,3-4,9-13H2,1-2H3. The molecule has 1 atom stereocenters. The number of ether oxygens (including phenoxy) is 1. The fraction of sp³-hybridized carbons (Fsp3) is 0.625. The number of aliphatic hydroxyl groups is 1. The van der Waals surface area contributed by atoms with E-state index in [4.69, 9.17) is 9.84 Å². The highest BCUT2D eigenvalue weighted by atomic mass is 32.2. The second kappa shape index (κ2) is 11.0. The van der Waals surface area contributed by atoms with Gasteiger partial charge in [0.1, 0.15) is 5.75 Å². The normalized spacial score (nSPS) is 12.3. The first kappa shape index (κ1) is 17.3. The molecule has 0 bridgehead atoms. The minimum absolute atomic E-state index is 0.295. The molecule has 0 fully saturated rings. The van der Waals surface area contributed by atoms with Gasteiger partial charge in [0.25, 0.3) is 0 Å². The zero-order valence-electron chi connectivity index (χ0n) is 12.6. The molecule has 0 aliphatic heterocycles. The van der Waals surface area contributed by atoms with Crippen molar-refractivity contribution in [1.29, 1.82) is 0 Å². The lowest BCUT2D eigenvalue weighted by Gasteiger charge is -2.15. The average molecular weight is 297 g/mol. The Labute approximate surface area is 127 Å². The maximum Gasteiger partial charge on any atom is 0.119 e. The molecule has 1 aromatic carbocycles. The second-order valence-corrected chi connectivity index (χ2v) is 6.01. The number of thioether (sulfide) groups is 1. The van der Waals surface area contributed by atoms with E-state index in [0.717, 1.165) is 43.2 Å². The largest absolute Gasteiger partial charge is 0.494 e. The van der Waals surface area contributed by atoms with Crippen LogP contribution >= 0.6 is 11.8 Å². The van der Waals surface area contributed by atoms with E-state index in [1.54, 1.807) is 0 Å². The van der Waals surface area contributed by atoms with Gasteiger partial charge in [0.2, 0.25) is 0 Å². The Morgan fingerprint density at radius 2 is 2.00 bits per heavy atom. The fourth-order valence-corrected chi connectivity index (χ4v) is 2.61. The predicted octanol–water partition coefficient (Wildman–Crippen LogP) is 3.24. The Bertz CT molecular complexity index is 343. The molecule has 0 amide bonds. The summed E-state index contributed by atoms with van der Waals surface area (Å²) in [4.78, 5) is 0. The Balaban J connectivity index is 2.23. The van der Waals surface area contributed by atoms with E-state index < -0.39 is 0 Å². The van der Waals surface area contributed by atoms with Gasteiger partial charge in [-0.15, -0.1) is 0 Å². The van der Waals surface area contributed by atoms with E-state index in [-0.39, 0.29) is 0 Å². The average Bonchev–Trinajstić information content (AvgIpc) is 2.49. The van der Waals surface area contributed by atoms with Crippen molar-refractivity contribution in [3.63, 3.8) is 0 Å². The molecule has 0 aromatic heterocycles. The van der Waals surface area contributed by atoms with Crippen LogP contribution in [0.3, 0.4) is 0 Å². The van der Waals surface area contributed by atoms with Gasteiger partial charge in [-0.1, -0.05) is 19.1 Å². The molecule has 0 saturated heterocycles. The van der Waals surface area contributed by atoms with Gasteiger partial charge in [-0.05, 0) is 43.2 Å². The number of hydrogen-bond acceptors (Lipinski definition) is 4. The Hall–Kier alpha value is -0.710. The van der Waals surface area contributed by atoms with Crippen molar-refractivity contribution in [2.45, 2.75) is 32.7 Å². The molecule has 114 valence electrons. The maximum atomic E-state index is 8.70. The van der Waals surface area contributed by atoms with Gasteiger partial charge < -0.3 is 15.2 Å². The van der Waals surface area contributed by atoms with Crippen molar-refractivity contribution < 1.29 is 9.84 Å². The second-order valence-electron chi connectivity index (χ2n) is 4.78. The molecule has 0 saturated carbocycles. The molecule has 20 heavy (non-hydrogen) atoms. The van der Waals surface area contributed by atoms with E-state index >= 15 is 0 Å². The summed E-state index contributed by atoms with van der Waals surface area (Å²) in [6.07, 6.45) is 1.92. The summed E-state index contributed by atoms with van der Waals surface area (Å²) in [5.41, 5.74) is 1.29. The smallest absolute Gasteiger partial charge is 0.119 e. The van der Waals surface area contributed by atoms with Crippen molar-refractivity contribution in [3.8, 4) is 5.75 Å². The van der Waals surface area contributed by atoms with E-state index in [0.29, 0.717) is 12.6 Å². The van der Waals surface area contributed by atoms with Crippen LogP contribution in [0.2, 0.25) is 0 Å². The van der Waals surface area contributed by atoms with Gasteiger partial charge in [0.15, 0.2) is 0 Å². The monoisotopic (exact) mass is 297 g/mol. The van der Waals surface area contributed by atoms with E-state index in [2.05, 4.69) is 31.3 Å². The third-order valence-electron chi connectivity index (χ3n) is 3.00. The van der Waals surface area contributed by atoms with Crippen LogP contribution in [-0.2, 0) is 0 Å². The van der Waals surface area contributed by atoms with Crippen molar-refractivity contribution in [1.82, 2.24) is 5.32 Å². The van der Waals surface area contributed by atoms with Crippen LogP contribution in [0.5, 0.6) is 5.75 Å². The first-order valence-electron chi connectivity index (χ1n) is 7.42. The molecule has 0 aliphatic rings. The van der Waals surface area contributed by atoms with Crippen LogP contribution < -0.4 is 10.1 Å². The number of nitrogens with one attached hydrogen (secondary N) is 1. The van der Waals surface area contributed by atoms with E-state index in [1.165, 1.54) is 5.56 Å². The molecule has 1 aromatic rings. The minimum Gasteiger partial charge on any atom is -0.494 e. The van der Waals surface area contributed by atoms with Crippen LogP contribution in [0.25, 0.3) is 0 Å². The third kappa shape index (κ3) is 7.17. The lowest BCUT2D eigenvalue weighted by molar-refractivity contribution is 0.296. The molecule has 4 heteroatoms. The number of aliphatic hydroxyl groups excluding tert-OH is 1. The van der Waals surface area contributed by atoms with Crippen molar-refractivity contribution >= 4 is 11.8 Å². The number of rotatable bonds is 11. The highest BCUT2D eigenvalue weighted by Crippen LogP contribution is 2.17. The Morgan fingerprint density at radius 1 is 1.25 bits per heavy atom. The zero-order chi connectivity index (χ0) is 14.6.